The van der Waals surface area contributed by atoms with Gasteiger partial charge >= 0.3 is 0 Å². The molecule has 0 unspecified atom stereocenters. The molecule has 7 nitrogen and oxygen atoms in total. The predicted octanol–water partition coefficient (Wildman–Crippen LogP) is 4.75. The number of methoxy groups -OCH3 is 2. The van der Waals surface area contributed by atoms with Crippen LogP contribution in [-0.4, -0.2) is 43.5 Å². The first-order valence-electron chi connectivity index (χ1n) is 10.5. The van der Waals surface area contributed by atoms with E-state index >= 15 is 0 Å². The summed E-state index contributed by atoms with van der Waals surface area (Å²) < 4.78 is 10.5. The molecule has 0 bridgehead atoms. The highest BCUT2D eigenvalue weighted by molar-refractivity contribution is 8.14. The van der Waals surface area contributed by atoms with Crippen LogP contribution >= 0.6 is 23.4 Å². The van der Waals surface area contributed by atoms with Crippen LogP contribution in [0.3, 0.4) is 0 Å². The van der Waals surface area contributed by atoms with Gasteiger partial charge in [-0.1, -0.05) is 48.8 Å². The highest BCUT2D eigenvalue weighted by Gasteiger charge is 2.32. The van der Waals surface area contributed by atoms with Crippen LogP contribution in [-0.2, 0) is 9.59 Å². The fraction of sp³-hybridized carbons (Fsp3) is 0.292. The van der Waals surface area contributed by atoms with E-state index in [0.29, 0.717) is 28.2 Å². The van der Waals surface area contributed by atoms with Crippen molar-refractivity contribution in [3.8, 4) is 11.5 Å². The Morgan fingerprint density at radius 1 is 1.18 bits per heavy atom. The molecule has 2 aromatic carbocycles. The van der Waals surface area contributed by atoms with Gasteiger partial charge in [-0.05, 0) is 42.3 Å². The predicted molar refractivity (Wildman–Crippen MR) is 134 cm³/mol. The molecule has 1 aliphatic heterocycles. The minimum absolute atomic E-state index is 0.107. The number of carbonyl (C=O) groups excluding carboxylic acids is 2. The van der Waals surface area contributed by atoms with Crippen LogP contribution in [0, 0.1) is 0 Å². The first-order valence-corrected chi connectivity index (χ1v) is 11.8. The minimum Gasteiger partial charge on any atom is -0.497 e. The first-order chi connectivity index (χ1) is 16.0. The highest BCUT2D eigenvalue weighted by atomic mass is 35.5. The monoisotopic (exact) mass is 487 g/mol. The van der Waals surface area contributed by atoms with Crippen LogP contribution < -0.4 is 19.7 Å². The van der Waals surface area contributed by atoms with Crippen LogP contribution in [0.5, 0.6) is 11.5 Å². The molecule has 1 heterocycles. The SMILES string of the molecule is CCCCNC(=O)CSC1=N/C(=C\c2ccc(OC)cc2)C(=O)N1c1ccc(Cl)c(OC)c1. The molecule has 174 valence electrons. The molecule has 2 amide bonds. The Hall–Kier alpha value is -2.97. The van der Waals surface area contributed by atoms with Crippen molar-refractivity contribution in [2.45, 2.75) is 19.8 Å². The summed E-state index contributed by atoms with van der Waals surface area (Å²) >= 11 is 7.36. The number of amidine groups is 1. The number of nitrogens with one attached hydrogen (secondary N) is 1. The van der Waals surface area contributed by atoms with Gasteiger partial charge in [0, 0.05) is 12.6 Å². The van der Waals surface area contributed by atoms with E-state index < -0.39 is 0 Å². The number of halogens is 1. The zero-order chi connectivity index (χ0) is 23.8. The Morgan fingerprint density at radius 2 is 1.94 bits per heavy atom. The number of nitrogens with zero attached hydrogens (tertiary/aromatic N) is 2. The maximum atomic E-state index is 13.3. The Kier molecular flexibility index (Phi) is 8.79. The minimum atomic E-state index is -0.302. The van der Waals surface area contributed by atoms with Crippen LogP contribution in [0.15, 0.2) is 53.2 Å². The summed E-state index contributed by atoms with van der Waals surface area (Å²) in [7, 11) is 3.11. The Balaban J connectivity index is 1.88. The van der Waals surface area contributed by atoms with Crippen molar-refractivity contribution in [1.29, 1.82) is 0 Å². The normalized spacial score (nSPS) is 14.4. The van der Waals surface area contributed by atoms with E-state index in [-0.39, 0.29) is 23.3 Å². The third-order valence-electron chi connectivity index (χ3n) is 4.83. The Bertz CT molecular complexity index is 1070. The smallest absolute Gasteiger partial charge is 0.283 e. The van der Waals surface area contributed by atoms with Crippen molar-refractivity contribution in [2.24, 2.45) is 4.99 Å². The van der Waals surface area contributed by atoms with Gasteiger partial charge in [0.05, 0.1) is 30.7 Å². The Morgan fingerprint density at radius 3 is 2.61 bits per heavy atom. The number of benzene rings is 2. The molecule has 1 aliphatic rings. The maximum absolute atomic E-state index is 13.3. The quantitative estimate of drug-likeness (QED) is 0.408. The fourth-order valence-corrected chi connectivity index (χ4v) is 4.09. The average Bonchev–Trinajstić information content (AvgIpc) is 3.13. The van der Waals surface area contributed by atoms with Crippen molar-refractivity contribution in [1.82, 2.24) is 5.32 Å². The Labute approximate surface area is 202 Å². The number of rotatable bonds is 9. The van der Waals surface area contributed by atoms with Gasteiger partial charge in [0.1, 0.15) is 17.2 Å². The van der Waals surface area contributed by atoms with Gasteiger partial charge in [0.2, 0.25) is 5.91 Å². The van der Waals surface area contributed by atoms with E-state index in [1.54, 1.807) is 31.4 Å². The first kappa shape index (κ1) is 24.7. The molecule has 0 spiro atoms. The molecule has 9 heteroatoms. The molecule has 33 heavy (non-hydrogen) atoms. The van der Waals surface area contributed by atoms with Crippen LogP contribution in [0.2, 0.25) is 5.02 Å². The van der Waals surface area contributed by atoms with Crippen molar-refractivity contribution in [2.75, 3.05) is 31.4 Å². The summed E-state index contributed by atoms with van der Waals surface area (Å²) in [6.45, 7) is 2.69. The largest absolute Gasteiger partial charge is 0.497 e. The number of hydrogen-bond donors (Lipinski definition) is 1. The third kappa shape index (κ3) is 6.30. The van der Waals surface area contributed by atoms with Gasteiger partial charge in [-0.2, -0.15) is 0 Å². The van der Waals surface area contributed by atoms with E-state index in [1.807, 2.05) is 24.3 Å². The number of amides is 2. The number of ether oxygens (including phenoxy) is 2. The standard InChI is InChI=1S/C24H26ClN3O4S/c1-4-5-12-26-22(29)15-33-24-27-20(13-16-6-9-18(31-2)10-7-16)23(30)28(24)17-8-11-19(25)21(14-17)32-3/h6-11,13-14H,4-5,12,15H2,1-3H3,(H,26,29)/b20-13-. The summed E-state index contributed by atoms with van der Waals surface area (Å²) in [6, 6.07) is 12.4. The topological polar surface area (TPSA) is 80.2 Å². The second-order valence-electron chi connectivity index (χ2n) is 7.15. The number of hydrogen-bond acceptors (Lipinski definition) is 6. The molecule has 0 saturated carbocycles. The molecule has 3 rings (SSSR count). The molecule has 2 aromatic rings. The summed E-state index contributed by atoms with van der Waals surface area (Å²) in [5.74, 6) is 0.899. The van der Waals surface area contributed by atoms with E-state index in [9.17, 15) is 9.59 Å². The molecule has 0 aliphatic carbocycles. The molecule has 0 fully saturated rings. The average molecular weight is 488 g/mol. The van der Waals surface area contributed by atoms with Gasteiger partial charge < -0.3 is 14.8 Å². The molecule has 0 aromatic heterocycles. The van der Waals surface area contributed by atoms with Gasteiger partial charge in [0.25, 0.3) is 5.91 Å². The number of thioether (sulfide) groups is 1. The van der Waals surface area contributed by atoms with E-state index in [0.717, 1.165) is 24.2 Å². The molecule has 1 N–H and O–H groups in total. The van der Waals surface area contributed by atoms with Gasteiger partial charge in [0.15, 0.2) is 5.17 Å². The molecular formula is C24H26ClN3O4S. The third-order valence-corrected chi connectivity index (χ3v) is 6.08. The lowest BCUT2D eigenvalue weighted by Gasteiger charge is -2.19. The van der Waals surface area contributed by atoms with E-state index in [1.165, 1.54) is 23.8 Å². The lowest BCUT2D eigenvalue weighted by Crippen LogP contribution is -2.32. The fourth-order valence-electron chi connectivity index (χ4n) is 3.05. The lowest BCUT2D eigenvalue weighted by molar-refractivity contribution is -0.118. The number of aliphatic imine (C=N–C) groups is 1. The molecule has 0 radical (unpaired) electrons. The van der Waals surface area contributed by atoms with Gasteiger partial charge in [-0.3, -0.25) is 14.5 Å². The van der Waals surface area contributed by atoms with Crippen molar-refractivity contribution in [3.05, 3.63) is 58.7 Å². The number of carbonyl (C=O) groups is 2. The van der Waals surface area contributed by atoms with Gasteiger partial charge in [-0.25, -0.2) is 4.99 Å². The summed E-state index contributed by atoms with van der Waals surface area (Å²) in [6.07, 6.45) is 3.62. The molecule has 0 atom stereocenters. The zero-order valence-corrected chi connectivity index (χ0v) is 20.3. The molecule has 0 saturated heterocycles. The second kappa shape index (κ2) is 11.8. The number of unbranched alkanes of at least 4 members (excludes halogenated alkanes) is 1. The zero-order valence-electron chi connectivity index (χ0n) is 18.8. The molecular weight excluding hydrogens is 462 g/mol. The summed E-state index contributed by atoms with van der Waals surface area (Å²) in [4.78, 5) is 31.6. The number of anilines is 1. The van der Waals surface area contributed by atoms with Crippen molar-refractivity contribution >= 4 is 52.1 Å². The highest BCUT2D eigenvalue weighted by Crippen LogP contribution is 2.34. The van der Waals surface area contributed by atoms with E-state index in [4.69, 9.17) is 21.1 Å². The summed E-state index contributed by atoms with van der Waals surface area (Å²) in [5, 5.41) is 3.72. The van der Waals surface area contributed by atoms with Crippen molar-refractivity contribution in [3.63, 3.8) is 0 Å². The van der Waals surface area contributed by atoms with Gasteiger partial charge in [-0.15, -0.1) is 0 Å². The second-order valence-corrected chi connectivity index (χ2v) is 8.50. The van der Waals surface area contributed by atoms with Crippen molar-refractivity contribution < 1.29 is 19.1 Å². The lowest BCUT2D eigenvalue weighted by atomic mass is 10.2. The van der Waals surface area contributed by atoms with Crippen LogP contribution in [0.4, 0.5) is 5.69 Å². The summed E-state index contributed by atoms with van der Waals surface area (Å²) in [5.41, 5.74) is 1.63. The van der Waals surface area contributed by atoms with Crippen LogP contribution in [0.1, 0.15) is 25.3 Å². The van der Waals surface area contributed by atoms with E-state index in [2.05, 4.69) is 17.2 Å². The maximum Gasteiger partial charge on any atom is 0.283 e. The van der Waals surface area contributed by atoms with Crippen LogP contribution in [0.25, 0.3) is 6.08 Å².